The molecule has 0 unspecified atom stereocenters. The molecule has 1 aliphatic carbocycles. The minimum absolute atomic E-state index is 0.0487. The van der Waals surface area contributed by atoms with Crippen LogP contribution in [-0.4, -0.2) is 48.5 Å². The van der Waals surface area contributed by atoms with Gasteiger partial charge in [-0.25, -0.2) is 9.59 Å². The van der Waals surface area contributed by atoms with Crippen molar-refractivity contribution in [1.29, 1.82) is 0 Å². The van der Waals surface area contributed by atoms with Crippen molar-refractivity contribution in [1.82, 2.24) is 20.9 Å². The lowest BCUT2D eigenvalue weighted by Gasteiger charge is -2.23. The summed E-state index contributed by atoms with van der Waals surface area (Å²) < 4.78 is 0. The van der Waals surface area contributed by atoms with E-state index in [4.69, 9.17) is 0 Å². The van der Waals surface area contributed by atoms with E-state index in [1.807, 2.05) is 0 Å². The minimum Gasteiger partial charge on any atom is -0.336 e. The van der Waals surface area contributed by atoms with Gasteiger partial charge in [0.15, 0.2) is 0 Å². The van der Waals surface area contributed by atoms with Gasteiger partial charge in [-0.1, -0.05) is 19.3 Å². The van der Waals surface area contributed by atoms with Crippen molar-refractivity contribution >= 4 is 18.0 Å². The highest BCUT2D eigenvalue weighted by Gasteiger charge is 2.27. The van der Waals surface area contributed by atoms with Crippen molar-refractivity contribution in [2.75, 3.05) is 19.6 Å². The van der Waals surface area contributed by atoms with Crippen LogP contribution in [0.25, 0.3) is 0 Å². The number of rotatable bonds is 4. The molecule has 0 spiro atoms. The molecule has 1 heterocycles. The number of amides is 5. The number of nitrogens with one attached hydrogen (secondary N) is 3. The number of urea groups is 2. The van der Waals surface area contributed by atoms with Gasteiger partial charge in [0.25, 0.3) is 0 Å². The molecule has 0 aromatic rings. The Hall–Kier alpha value is -1.79. The van der Waals surface area contributed by atoms with Crippen molar-refractivity contribution in [3.05, 3.63) is 0 Å². The summed E-state index contributed by atoms with van der Waals surface area (Å²) in [6.45, 7) is 0.535. The minimum atomic E-state index is -0.389. The van der Waals surface area contributed by atoms with Gasteiger partial charge in [0.05, 0.1) is 6.54 Å². The van der Waals surface area contributed by atoms with Crippen LogP contribution in [-0.2, 0) is 4.79 Å². The van der Waals surface area contributed by atoms with Crippen molar-refractivity contribution in [2.24, 2.45) is 0 Å². The Morgan fingerprint density at radius 1 is 1.26 bits per heavy atom. The highest BCUT2D eigenvalue weighted by Crippen LogP contribution is 2.17. The van der Waals surface area contributed by atoms with Gasteiger partial charge in [0.2, 0.25) is 5.91 Å². The molecule has 0 atom stereocenters. The largest absolute Gasteiger partial charge is 0.336 e. The summed E-state index contributed by atoms with van der Waals surface area (Å²) in [4.78, 5) is 35.3. The van der Waals surface area contributed by atoms with Crippen LogP contribution in [0.3, 0.4) is 0 Å². The number of hydrogen-bond acceptors (Lipinski definition) is 3. The third-order valence-corrected chi connectivity index (χ3v) is 3.50. The first-order chi connectivity index (χ1) is 9.16. The zero-order valence-electron chi connectivity index (χ0n) is 10.9. The molecule has 0 radical (unpaired) electrons. The lowest BCUT2D eigenvalue weighted by molar-refractivity contribution is -0.124. The van der Waals surface area contributed by atoms with Gasteiger partial charge in [0, 0.05) is 19.1 Å². The van der Waals surface area contributed by atoms with E-state index in [0.717, 1.165) is 30.6 Å². The second kappa shape index (κ2) is 6.40. The average Bonchev–Trinajstić information content (AvgIpc) is 2.71. The van der Waals surface area contributed by atoms with Crippen LogP contribution in [0.5, 0.6) is 0 Å². The molecule has 3 N–H and O–H groups in total. The first kappa shape index (κ1) is 13.6. The predicted octanol–water partition coefficient (Wildman–Crippen LogP) is 0.170. The molecule has 2 aliphatic rings. The number of imide groups is 1. The van der Waals surface area contributed by atoms with Crippen molar-refractivity contribution in [3.8, 4) is 0 Å². The fourth-order valence-electron chi connectivity index (χ4n) is 2.45. The van der Waals surface area contributed by atoms with Gasteiger partial charge in [-0.15, -0.1) is 0 Å². The smallest absolute Gasteiger partial charge is 0.324 e. The number of carbonyl (C=O) groups excluding carboxylic acids is 3. The summed E-state index contributed by atoms with van der Waals surface area (Å²) in [7, 11) is 0. The lowest BCUT2D eigenvalue weighted by atomic mass is 9.96. The molecule has 1 saturated heterocycles. The van der Waals surface area contributed by atoms with Gasteiger partial charge < -0.3 is 16.0 Å². The van der Waals surface area contributed by atoms with Gasteiger partial charge >= 0.3 is 12.1 Å². The second-order valence-corrected chi connectivity index (χ2v) is 4.94. The molecular formula is C12H20N4O3. The van der Waals surface area contributed by atoms with E-state index in [1.54, 1.807) is 0 Å². The molecule has 19 heavy (non-hydrogen) atoms. The van der Waals surface area contributed by atoms with Crippen LogP contribution in [0.15, 0.2) is 0 Å². The van der Waals surface area contributed by atoms with Gasteiger partial charge in [-0.3, -0.25) is 9.69 Å². The van der Waals surface area contributed by atoms with Gasteiger partial charge in [-0.05, 0) is 12.8 Å². The molecule has 0 aromatic heterocycles. The zero-order valence-corrected chi connectivity index (χ0v) is 10.9. The summed E-state index contributed by atoms with van der Waals surface area (Å²) in [5.74, 6) is -0.250. The Bertz CT molecular complexity index is 350. The van der Waals surface area contributed by atoms with E-state index in [-0.39, 0.29) is 43.6 Å². The van der Waals surface area contributed by atoms with Crippen LogP contribution in [0, 0.1) is 0 Å². The van der Waals surface area contributed by atoms with E-state index >= 15 is 0 Å². The molecular weight excluding hydrogens is 248 g/mol. The summed E-state index contributed by atoms with van der Waals surface area (Å²) in [5, 5.41) is 8.02. The Morgan fingerprint density at radius 2 is 2.00 bits per heavy atom. The van der Waals surface area contributed by atoms with E-state index in [2.05, 4.69) is 16.0 Å². The summed E-state index contributed by atoms with van der Waals surface area (Å²) >= 11 is 0. The molecule has 0 bridgehead atoms. The fourth-order valence-corrected chi connectivity index (χ4v) is 2.45. The highest BCUT2D eigenvalue weighted by atomic mass is 16.2. The molecule has 0 aromatic carbocycles. The van der Waals surface area contributed by atoms with Crippen molar-refractivity contribution < 1.29 is 14.4 Å². The standard InChI is InChI=1S/C12H20N4O3/c17-10-8-14-12(19)16(10)7-6-13-11(18)15-9-4-2-1-3-5-9/h9H,1-8H2,(H,14,19)(H2,13,15,18). The maximum Gasteiger partial charge on any atom is 0.324 e. The summed E-state index contributed by atoms with van der Waals surface area (Å²) in [6, 6.07) is -0.357. The second-order valence-electron chi connectivity index (χ2n) is 4.94. The maximum absolute atomic E-state index is 11.6. The molecule has 5 amide bonds. The Morgan fingerprint density at radius 3 is 2.63 bits per heavy atom. The van der Waals surface area contributed by atoms with Crippen LogP contribution in [0.2, 0.25) is 0 Å². The third kappa shape index (κ3) is 3.84. The average molecular weight is 268 g/mol. The summed E-state index contributed by atoms with van der Waals surface area (Å²) in [6.07, 6.45) is 5.62. The van der Waals surface area contributed by atoms with Crippen LogP contribution in [0.4, 0.5) is 9.59 Å². The van der Waals surface area contributed by atoms with E-state index in [9.17, 15) is 14.4 Å². The van der Waals surface area contributed by atoms with E-state index < -0.39 is 0 Å². The first-order valence-corrected chi connectivity index (χ1v) is 6.79. The van der Waals surface area contributed by atoms with E-state index in [0.29, 0.717) is 0 Å². The SMILES string of the molecule is O=C(NCCN1C(=O)CNC1=O)NC1CCCCC1. The van der Waals surface area contributed by atoms with Crippen molar-refractivity contribution in [3.63, 3.8) is 0 Å². The normalized spacial score (nSPS) is 20.3. The van der Waals surface area contributed by atoms with E-state index in [1.165, 1.54) is 6.42 Å². The molecule has 1 aliphatic heterocycles. The number of hydrogen-bond donors (Lipinski definition) is 3. The van der Waals surface area contributed by atoms with Crippen LogP contribution >= 0.6 is 0 Å². The van der Waals surface area contributed by atoms with Gasteiger partial charge in [0.1, 0.15) is 0 Å². The Labute approximate surface area is 112 Å². The Balaban J connectivity index is 1.63. The lowest BCUT2D eigenvalue weighted by Crippen LogP contribution is -2.46. The number of carbonyl (C=O) groups is 3. The zero-order chi connectivity index (χ0) is 13.7. The molecule has 106 valence electrons. The third-order valence-electron chi connectivity index (χ3n) is 3.50. The van der Waals surface area contributed by atoms with Crippen molar-refractivity contribution in [2.45, 2.75) is 38.1 Å². The molecule has 2 fully saturated rings. The molecule has 7 nitrogen and oxygen atoms in total. The topological polar surface area (TPSA) is 90.5 Å². The predicted molar refractivity (Wildman–Crippen MR) is 68.5 cm³/mol. The monoisotopic (exact) mass is 268 g/mol. The quantitative estimate of drug-likeness (QED) is 0.635. The van der Waals surface area contributed by atoms with Crippen LogP contribution in [0.1, 0.15) is 32.1 Å². The molecule has 7 heteroatoms. The molecule has 1 saturated carbocycles. The molecule has 2 rings (SSSR count). The summed E-state index contributed by atoms with van der Waals surface area (Å²) in [5.41, 5.74) is 0. The first-order valence-electron chi connectivity index (χ1n) is 6.79. The fraction of sp³-hybridized carbons (Fsp3) is 0.750. The maximum atomic E-state index is 11.6. The van der Waals surface area contributed by atoms with Gasteiger partial charge in [-0.2, -0.15) is 0 Å². The highest BCUT2D eigenvalue weighted by molar-refractivity contribution is 6.01. The number of nitrogens with zero attached hydrogens (tertiary/aromatic N) is 1. The van der Waals surface area contributed by atoms with Crippen LogP contribution < -0.4 is 16.0 Å². The Kier molecular flexibility index (Phi) is 4.59.